The Kier molecular flexibility index (Phi) is 3.12. The van der Waals surface area contributed by atoms with Gasteiger partial charge in [-0.1, -0.05) is 6.07 Å². The molecule has 2 rings (SSSR count). The maximum absolute atomic E-state index is 9.85. The lowest BCUT2D eigenvalue weighted by Crippen LogP contribution is -2.42. The van der Waals surface area contributed by atoms with Crippen LogP contribution in [0.15, 0.2) is 18.2 Å². The number of piperidine rings is 1. The SMILES string of the molecule is CC1(O)CCN(c2cccc(CO)n2)CC1. The van der Waals surface area contributed by atoms with Crippen molar-refractivity contribution < 1.29 is 10.2 Å². The number of nitrogens with zero attached hydrogens (tertiary/aromatic N) is 2. The van der Waals surface area contributed by atoms with Gasteiger partial charge in [-0.15, -0.1) is 0 Å². The molecule has 1 aliphatic rings. The second-order valence-corrected chi connectivity index (χ2v) is 4.63. The van der Waals surface area contributed by atoms with E-state index in [2.05, 4.69) is 9.88 Å². The molecule has 1 aromatic rings. The quantitative estimate of drug-likeness (QED) is 0.781. The van der Waals surface area contributed by atoms with Crippen LogP contribution in [0, 0.1) is 0 Å². The lowest BCUT2D eigenvalue weighted by atomic mass is 9.94. The van der Waals surface area contributed by atoms with Crippen LogP contribution in [0.1, 0.15) is 25.5 Å². The number of anilines is 1. The van der Waals surface area contributed by atoms with E-state index < -0.39 is 5.60 Å². The van der Waals surface area contributed by atoms with Crippen LogP contribution in [0.3, 0.4) is 0 Å². The molecule has 0 amide bonds. The van der Waals surface area contributed by atoms with Crippen molar-refractivity contribution in [3.63, 3.8) is 0 Å². The zero-order chi connectivity index (χ0) is 11.6. The first-order valence-corrected chi connectivity index (χ1v) is 5.65. The van der Waals surface area contributed by atoms with Crippen LogP contribution in [0.4, 0.5) is 5.82 Å². The summed E-state index contributed by atoms with van der Waals surface area (Å²) in [4.78, 5) is 6.51. The molecule has 0 bridgehead atoms. The van der Waals surface area contributed by atoms with E-state index in [1.54, 1.807) is 0 Å². The Morgan fingerprint density at radius 3 is 2.69 bits per heavy atom. The van der Waals surface area contributed by atoms with E-state index in [4.69, 9.17) is 5.11 Å². The van der Waals surface area contributed by atoms with Gasteiger partial charge >= 0.3 is 0 Å². The summed E-state index contributed by atoms with van der Waals surface area (Å²) < 4.78 is 0. The highest BCUT2D eigenvalue weighted by Crippen LogP contribution is 2.24. The van der Waals surface area contributed by atoms with E-state index in [1.807, 2.05) is 25.1 Å². The second-order valence-electron chi connectivity index (χ2n) is 4.63. The van der Waals surface area contributed by atoms with Crippen LogP contribution in [0.2, 0.25) is 0 Å². The van der Waals surface area contributed by atoms with Crippen molar-refractivity contribution in [2.24, 2.45) is 0 Å². The molecule has 0 aromatic carbocycles. The minimum Gasteiger partial charge on any atom is -0.390 e. The highest BCUT2D eigenvalue weighted by molar-refractivity contribution is 5.39. The van der Waals surface area contributed by atoms with Gasteiger partial charge in [-0.25, -0.2) is 4.98 Å². The Hall–Kier alpha value is -1.13. The number of aliphatic hydroxyl groups excluding tert-OH is 1. The molecule has 1 saturated heterocycles. The van der Waals surface area contributed by atoms with Crippen molar-refractivity contribution in [1.82, 2.24) is 4.98 Å². The zero-order valence-electron chi connectivity index (χ0n) is 9.56. The fourth-order valence-corrected chi connectivity index (χ4v) is 1.95. The van der Waals surface area contributed by atoms with Gasteiger partial charge in [0.2, 0.25) is 0 Å². The topological polar surface area (TPSA) is 56.6 Å². The molecule has 0 saturated carbocycles. The number of rotatable bonds is 2. The molecule has 2 heterocycles. The minimum absolute atomic E-state index is 0.0284. The number of hydrogen-bond acceptors (Lipinski definition) is 4. The summed E-state index contributed by atoms with van der Waals surface area (Å²) in [6.07, 6.45) is 1.52. The van der Waals surface area contributed by atoms with Crippen molar-refractivity contribution >= 4 is 5.82 Å². The van der Waals surface area contributed by atoms with E-state index >= 15 is 0 Å². The van der Waals surface area contributed by atoms with Gasteiger partial charge in [-0.05, 0) is 31.9 Å². The summed E-state index contributed by atoms with van der Waals surface area (Å²) in [5.41, 5.74) is 0.153. The third-order valence-electron chi connectivity index (χ3n) is 3.12. The molecule has 16 heavy (non-hydrogen) atoms. The predicted molar refractivity (Wildman–Crippen MR) is 62.2 cm³/mol. The van der Waals surface area contributed by atoms with Gasteiger partial charge < -0.3 is 15.1 Å². The highest BCUT2D eigenvalue weighted by atomic mass is 16.3. The number of aliphatic hydroxyl groups is 2. The van der Waals surface area contributed by atoms with Gasteiger partial charge in [-0.3, -0.25) is 0 Å². The smallest absolute Gasteiger partial charge is 0.128 e. The van der Waals surface area contributed by atoms with E-state index in [9.17, 15) is 5.11 Å². The first-order chi connectivity index (χ1) is 7.61. The van der Waals surface area contributed by atoms with Crippen LogP contribution in [0.5, 0.6) is 0 Å². The van der Waals surface area contributed by atoms with E-state index in [0.29, 0.717) is 5.69 Å². The molecule has 88 valence electrons. The summed E-state index contributed by atoms with van der Waals surface area (Å²) in [6.45, 7) is 3.48. The van der Waals surface area contributed by atoms with Crippen LogP contribution >= 0.6 is 0 Å². The highest BCUT2D eigenvalue weighted by Gasteiger charge is 2.27. The fourth-order valence-electron chi connectivity index (χ4n) is 1.95. The molecule has 0 aliphatic carbocycles. The van der Waals surface area contributed by atoms with Gasteiger partial charge in [0.05, 0.1) is 17.9 Å². The van der Waals surface area contributed by atoms with Crippen molar-refractivity contribution in [2.75, 3.05) is 18.0 Å². The van der Waals surface area contributed by atoms with Gasteiger partial charge in [0, 0.05) is 13.1 Å². The minimum atomic E-state index is -0.537. The van der Waals surface area contributed by atoms with E-state index in [1.165, 1.54) is 0 Å². The summed E-state index contributed by atoms with van der Waals surface area (Å²) >= 11 is 0. The average molecular weight is 222 g/mol. The Morgan fingerprint density at radius 1 is 1.38 bits per heavy atom. The third-order valence-corrected chi connectivity index (χ3v) is 3.12. The number of pyridine rings is 1. The summed E-state index contributed by atoms with van der Waals surface area (Å²) in [5.74, 6) is 0.891. The van der Waals surface area contributed by atoms with Crippen molar-refractivity contribution in [3.05, 3.63) is 23.9 Å². The lowest BCUT2D eigenvalue weighted by Gasteiger charge is -2.36. The standard InChI is InChI=1S/C12H18N2O2/c1-12(16)5-7-14(8-6-12)11-4-2-3-10(9-15)13-11/h2-4,15-16H,5-9H2,1H3. The summed E-state index contributed by atoms with van der Waals surface area (Å²) in [6, 6.07) is 5.66. The molecule has 4 heteroatoms. The normalized spacial score (nSPS) is 19.8. The zero-order valence-corrected chi connectivity index (χ0v) is 9.56. The van der Waals surface area contributed by atoms with Crippen molar-refractivity contribution in [3.8, 4) is 0 Å². The fraction of sp³-hybridized carbons (Fsp3) is 0.583. The van der Waals surface area contributed by atoms with E-state index in [0.717, 1.165) is 31.7 Å². The molecule has 0 atom stereocenters. The molecule has 4 nitrogen and oxygen atoms in total. The van der Waals surface area contributed by atoms with Crippen LogP contribution in [-0.4, -0.2) is 33.9 Å². The Morgan fingerprint density at radius 2 is 2.06 bits per heavy atom. The molecule has 0 spiro atoms. The maximum atomic E-state index is 9.85. The van der Waals surface area contributed by atoms with Gasteiger partial charge in [0.1, 0.15) is 5.82 Å². The predicted octanol–water partition coefficient (Wildman–Crippen LogP) is 0.925. The molecule has 2 N–H and O–H groups in total. The Balaban J connectivity index is 2.08. The first kappa shape index (κ1) is 11.4. The van der Waals surface area contributed by atoms with Crippen LogP contribution in [0.25, 0.3) is 0 Å². The van der Waals surface area contributed by atoms with Crippen LogP contribution < -0.4 is 4.90 Å². The monoisotopic (exact) mass is 222 g/mol. The largest absolute Gasteiger partial charge is 0.390 e. The van der Waals surface area contributed by atoms with Crippen molar-refractivity contribution in [2.45, 2.75) is 32.0 Å². The van der Waals surface area contributed by atoms with Crippen LogP contribution in [-0.2, 0) is 6.61 Å². The molecule has 1 aromatic heterocycles. The number of hydrogen-bond donors (Lipinski definition) is 2. The molecule has 0 unspecified atom stereocenters. The first-order valence-electron chi connectivity index (χ1n) is 5.65. The van der Waals surface area contributed by atoms with E-state index in [-0.39, 0.29) is 6.61 Å². The molecule has 0 radical (unpaired) electrons. The van der Waals surface area contributed by atoms with Gasteiger partial charge in [0.25, 0.3) is 0 Å². The molecule has 1 aliphatic heterocycles. The Labute approximate surface area is 95.5 Å². The maximum Gasteiger partial charge on any atom is 0.128 e. The van der Waals surface area contributed by atoms with Gasteiger partial charge in [0.15, 0.2) is 0 Å². The second kappa shape index (κ2) is 4.39. The summed E-state index contributed by atoms with van der Waals surface area (Å²) in [5, 5.41) is 18.9. The molecular weight excluding hydrogens is 204 g/mol. The molecular formula is C12H18N2O2. The lowest BCUT2D eigenvalue weighted by molar-refractivity contribution is 0.0350. The third kappa shape index (κ3) is 2.51. The van der Waals surface area contributed by atoms with Gasteiger partial charge in [-0.2, -0.15) is 0 Å². The van der Waals surface area contributed by atoms with Crippen molar-refractivity contribution in [1.29, 1.82) is 0 Å². The average Bonchev–Trinajstić information content (AvgIpc) is 2.29. The number of aromatic nitrogens is 1. The molecule has 1 fully saturated rings. The Bertz CT molecular complexity index is 356. The summed E-state index contributed by atoms with van der Waals surface area (Å²) in [7, 11) is 0.